The van der Waals surface area contributed by atoms with Crippen LogP contribution in [0.2, 0.25) is 10.0 Å². The van der Waals surface area contributed by atoms with Gasteiger partial charge in [0.1, 0.15) is 11.7 Å². The van der Waals surface area contributed by atoms with Crippen molar-refractivity contribution in [2.24, 2.45) is 5.92 Å². The summed E-state index contributed by atoms with van der Waals surface area (Å²) in [6.07, 6.45) is 6.63. The fourth-order valence-corrected chi connectivity index (χ4v) is 7.76. The molecule has 0 radical (unpaired) electrons. The molecule has 1 amide bonds. The Hall–Kier alpha value is -3.56. The van der Waals surface area contributed by atoms with Crippen LogP contribution in [-0.2, 0) is 32.1 Å². The molecule has 1 unspecified atom stereocenters. The smallest absolute Gasteiger partial charge is 0.264 e. The average molecular weight is 719 g/mol. The molecule has 0 spiro atoms. The summed E-state index contributed by atoms with van der Waals surface area (Å²) in [6, 6.07) is 8.75. The highest BCUT2D eigenvalue weighted by molar-refractivity contribution is 7.85. The number of benzene rings is 2. The Labute approximate surface area is 284 Å². The first-order valence-corrected chi connectivity index (χ1v) is 18.4. The topological polar surface area (TPSA) is 124 Å². The van der Waals surface area contributed by atoms with E-state index < -0.39 is 28.2 Å². The number of piperidine rings is 1. The molecule has 3 aromatic heterocycles. The van der Waals surface area contributed by atoms with E-state index in [1.54, 1.807) is 34.7 Å². The summed E-state index contributed by atoms with van der Waals surface area (Å²) in [4.78, 5) is 24.7. The van der Waals surface area contributed by atoms with Gasteiger partial charge in [-0.15, -0.1) is 11.3 Å². The van der Waals surface area contributed by atoms with E-state index in [2.05, 4.69) is 20.2 Å². The number of imidazole rings is 1. The number of aromatic nitrogens is 5. The van der Waals surface area contributed by atoms with Crippen LogP contribution < -0.4 is 10.2 Å². The van der Waals surface area contributed by atoms with E-state index in [0.717, 1.165) is 43.4 Å². The molecule has 1 N–H and O–H groups in total. The highest BCUT2D eigenvalue weighted by atomic mass is 35.5. The van der Waals surface area contributed by atoms with Crippen LogP contribution in [0.25, 0.3) is 22.0 Å². The molecule has 5 heterocycles. The summed E-state index contributed by atoms with van der Waals surface area (Å²) >= 11 is 15.1. The quantitative estimate of drug-likeness (QED) is 0.185. The van der Waals surface area contributed by atoms with E-state index in [1.807, 2.05) is 24.3 Å². The van der Waals surface area contributed by atoms with Crippen LogP contribution in [-0.4, -0.2) is 70.8 Å². The fourth-order valence-electron chi connectivity index (χ4n) is 6.24. The lowest BCUT2D eigenvalue weighted by molar-refractivity contribution is -0.118. The molecule has 2 aromatic carbocycles. The van der Waals surface area contributed by atoms with Gasteiger partial charge in [-0.05, 0) is 42.5 Å². The number of carbonyl (C=O) groups is 1. The van der Waals surface area contributed by atoms with Gasteiger partial charge in [0.15, 0.2) is 11.2 Å². The predicted molar refractivity (Wildman–Crippen MR) is 181 cm³/mol. The van der Waals surface area contributed by atoms with Crippen molar-refractivity contribution in [3.8, 4) is 11.1 Å². The highest BCUT2D eigenvalue weighted by Crippen LogP contribution is 2.40. The monoisotopic (exact) mass is 717 g/mol. The Bertz CT molecular complexity index is 2040. The molecule has 2 aliphatic rings. The van der Waals surface area contributed by atoms with Gasteiger partial charge in [-0.25, -0.2) is 14.4 Å². The van der Waals surface area contributed by atoms with Crippen molar-refractivity contribution in [2.75, 3.05) is 36.2 Å². The van der Waals surface area contributed by atoms with Crippen molar-refractivity contribution in [3.05, 3.63) is 75.9 Å². The molecular formula is C31H30Cl2FN7O4S2. The van der Waals surface area contributed by atoms with Gasteiger partial charge in [-0.3, -0.25) is 19.0 Å². The van der Waals surface area contributed by atoms with Crippen molar-refractivity contribution < 1.29 is 21.8 Å². The number of nitrogens with one attached hydrogen (secondary N) is 1. The molecule has 5 aromatic rings. The third-order valence-electron chi connectivity index (χ3n) is 8.60. The van der Waals surface area contributed by atoms with Crippen LogP contribution >= 0.6 is 34.5 Å². The molecule has 16 heteroatoms. The van der Waals surface area contributed by atoms with E-state index in [4.69, 9.17) is 32.5 Å². The molecule has 0 bridgehead atoms. The second-order valence-electron chi connectivity index (χ2n) is 11.8. The predicted octanol–water partition coefficient (Wildman–Crippen LogP) is 5.98. The molecular weight excluding hydrogens is 688 g/mol. The van der Waals surface area contributed by atoms with Crippen LogP contribution in [0.15, 0.2) is 54.4 Å². The highest BCUT2D eigenvalue weighted by Gasteiger charge is 2.34. The van der Waals surface area contributed by atoms with Gasteiger partial charge < -0.3 is 9.47 Å². The Morgan fingerprint density at radius 2 is 1.96 bits per heavy atom. The van der Waals surface area contributed by atoms with E-state index in [9.17, 15) is 17.6 Å². The Morgan fingerprint density at radius 1 is 1.19 bits per heavy atom. The maximum atomic E-state index is 14.4. The Balaban J connectivity index is 1.16. The van der Waals surface area contributed by atoms with E-state index >= 15 is 0 Å². The van der Waals surface area contributed by atoms with E-state index in [-0.39, 0.29) is 25.5 Å². The second kappa shape index (κ2) is 12.8. The minimum absolute atomic E-state index is 0.147. The average Bonchev–Trinajstić information content (AvgIpc) is 3.85. The fraction of sp³-hybridized carbons (Fsp3) is 0.355. The van der Waals surface area contributed by atoms with Crippen molar-refractivity contribution in [1.29, 1.82) is 0 Å². The normalized spacial score (nSPS) is 17.7. The number of thiazole rings is 1. The van der Waals surface area contributed by atoms with Gasteiger partial charge in [-0.2, -0.15) is 13.5 Å². The third-order valence-corrected chi connectivity index (χ3v) is 10.6. The summed E-state index contributed by atoms with van der Waals surface area (Å²) in [5, 5.41) is 11.1. The lowest BCUT2D eigenvalue weighted by Gasteiger charge is -2.33. The number of alkyl halides is 1. The van der Waals surface area contributed by atoms with Crippen LogP contribution in [0.3, 0.4) is 0 Å². The third kappa shape index (κ3) is 6.61. The van der Waals surface area contributed by atoms with Gasteiger partial charge in [0.25, 0.3) is 16.0 Å². The van der Waals surface area contributed by atoms with Gasteiger partial charge in [0.2, 0.25) is 0 Å². The lowest BCUT2D eigenvalue weighted by Crippen LogP contribution is -2.35. The molecule has 246 valence electrons. The van der Waals surface area contributed by atoms with E-state index in [1.165, 1.54) is 16.0 Å². The Morgan fingerprint density at radius 3 is 2.66 bits per heavy atom. The minimum atomic E-state index is -3.45. The molecule has 0 aliphatic carbocycles. The number of carbonyl (C=O) groups excluding carboxylic acids is 1. The van der Waals surface area contributed by atoms with Crippen molar-refractivity contribution >= 4 is 72.3 Å². The molecule has 7 rings (SSSR count). The summed E-state index contributed by atoms with van der Waals surface area (Å²) in [7, 11) is -3.45. The van der Waals surface area contributed by atoms with Gasteiger partial charge in [-0.1, -0.05) is 35.3 Å². The van der Waals surface area contributed by atoms with Crippen molar-refractivity contribution in [3.63, 3.8) is 0 Å². The summed E-state index contributed by atoms with van der Waals surface area (Å²) in [5.41, 5.74) is 4.03. The molecule has 1 fully saturated rings. The van der Waals surface area contributed by atoms with Gasteiger partial charge in [0.05, 0.1) is 41.5 Å². The number of hydrogen-bond donors (Lipinski definition) is 1. The zero-order valence-electron chi connectivity index (χ0n) is 25.1. The number of amides is 1. The summed E-state index contributed by atoms with van der Waals surface area (Å²) in [6.45, 7) is 1.97. The van der Waals surface area contributed by atoms with Crippen molar-refractivity contribution in [2.45, 2.75) is 38.0 Å². The van der Waals surface area contributed by atoms with Crippen LogP contribution in [0.1, 0.15) is 30.3 Å². The molecule has 2 aliphatic heterocycles. The van der Waals surface area contributed by atoms with E-state index in [0.29, 0.717) is 43.0 Å². The zero-order chi connectivity index (χ0) is 32.9. The zero-order valence-corrected chi connectivity index (χ0v) is 28.3. The van der Waals surface area contributed by atoms with Crippen LogP contribution in [0, 0.1) is 5.92 Å². The molecule has 1 saturated heterocycles. The summed E-state index contributed by atoms with van der Waals surface area (Å²) in [5.74, 6) is -0.229. The van der Waals surface area contributed by atoms with Crippen LogP contribution in [0.5, 0.6) is 0 Å². The number of fused-ring (bicyclic) bond motifs is 2. The number of halogens is 3. The molecule has 0 saturated carbocycles. The summed E-state index contributed by atoms with van der Waals surface area (Å²) < 4.78 is 45.2. The SMILES string of the molecule is CS(=O)(=O)OCC1CCN(c2ccc(-c3cc(Cl)c4cn(C(C(=O)Nc5nccs5)c5ncn6c5C[C@@H](F)C6)nc4c3Cl)cc2)CC1. The number of rotatable bonds is 9. The maximum absolute atomic E-state index is 14.4. The first kappa shape index (κ1) is 32.0. The number of hydrogen-bond acceptors (Lipinski definition) is 9. The van der Waals surface area contributed by atoms with Gasteiger partial charge >= 0.3 is 0 Å². The second-order valence-corrected chi connectivity index (χ2v) is 15.1. The Kier molecular flexibility index (Phi) is 8.72. The van der Waals surface area contributed by atoms with Gasteiger partial charge in [0, 0.05) is 59.6 Å². The first-order valence-electron chi connectivity index (χ1n) is 15.0. The minimum Gasteiger partial charge on any atom is -0.372 e. The largest absolute Gasteiger partial charge is 0.372 e. The van der Waals surface area contributed by atoms with Crippen molar-refractivity contribution in [1.82, 2.24) is 24.3 Å². The standard InChI is InChI=1S/C31H30Cl2FN7O4S2/c1-47(43,44)45-16-18-6-9-39(10-7-18)21-4-2-19(3-5-21)22-13-24(32)23-15-41(38-27(23)26(22)33)29(30(42)37-31-35-8-11-46-31)28-25-12-20(34)14-40(25)17-36-28/h2-5,8,11,13,15,17-18,20,29H,6-7,9-10,12,14,16H2,1H3,(H,35,37,42)/t20-,29?/m1/s1. The number of anilines is 2. The lowest BCUT2D eigenvalue weighted by atomic mass is 9.97. The molecule has 2 atom stereocenters. The molecule has 47 heavy (non-hydrogen) atoms. The number of nitrogens with zero attached hydrogens (tertiary/aromatic N) is 6. The first-order chi connectivity index (χ1) is 22.5. The molecule has 11 nitrogen and oxygen atoms in total. The van der Waals surface area contributed by atoms with Crippen LogP contribution in [0.4, 0.5) is 15.2 Å². The maximum Gasteiger partial charge on any atom is 0.264 e.